The normalized spacial score (nSPS) is 10.5. The molecule has 5 nitrogen and oxygen atoms in total. The average molecular weight is 355 g/mol. The second-order valence-corrected chi connectivity index (χ2v) is 5.81. The van der Waals surface area contributed by atoms with Crippen LogP contribution in [-0.4, -0.2) is 24.0 Å². The van der Waals surface area contributed by atoms with Gasteiger partial charge in [0, 0.05) is 17.3 Å². The summed E-state index contributed by atoms with van der Waals surface area (Å²) in [6.07, 6.45) is 1.87. The zero-order valence-electron chi connectivity index (χ0n) is 13.5. The van der Waals surface area contributed by atoms with Crippen LogP contribution in [0.3, 0.4) is 0 Å². The smallest absolute Gasteiger partial charge is 0.339 e. The lowest BCUT2D eigenvalue weighted by Gasteiger charge is -2.09. The Labute approximate surface area is 149 Å². The summed E-state index contributed by atoms with van der Waals surface area (Å²) in [5.74, 6) is -0.768. The van der Waals surface area contributed by atoms with Crippen LogP contribution in [0.15, 0.2) is 54.7 Å². The number of rotatable bonds is 4. The van der Waals surface area contributed by atoms with E-state index < -0.39 is 5.97 Å². The fourth-order valence-corrected chi connectivity index (χ4v) is 2.75. The van der Waals surface area contributed by atoms with Gasteiger partial charge in [0.15, 0.2) is 0 Å². The second-order valence-electron chi connectivity index (χ2n) is 5.40. The maximum atomic E-state index is 12.4. The molecule has 0 unspecified atom stereocenters. The van der Waals surface area contributed by atoms with Crippen LogP contribution in [0.25, 0.3) is 10.9 Å². The molecule has 0 saturated carbocycles. The van der Waals surface area contributed by atoms with Gasteiger partial charge in [0.05, 0.1) is 29.6 Å². The molecule has 0 saturated heterocycles. The van der Waals surface area contributed by atoms with E-state index in [4.69, 9.17) is 11.6 Å². The van der Waals surface area contributed by atoms with Gasteiger partial charge in [0.1, 0.15) is 0 Å². The molecule has 0 aliphatic rings. The van der Waals surface area contributed by atoms with Crippen LogP contribution in [0.1, 0.15) is 15.9 Å². The number of pyridine rings is 1. The van der Waals surface area contributed by atoms with Crippen molar-refractivity contribution in [1.29, 1.82) is 0 Å². The number of nitrogens with one attached hydrogen (secondary N) is 1. The fraction of sp³-hybridized carbons (Fsp3) is 0.105. The van der Waals surface area contributed by atoms with Gasteiger partial charge in [-0.15, -0.1) is 0 Å². The Hall–Kier alpha value is -2.92. The largest absolute Gasteiger partial charge is 0.465 e. The molecule has 1 heterocycles. The lowest BCUT2D eigenvalue weighted by Crippen LogP contribution is -2.15. The number of hydrogen-bond acceptors (Lipinski definition) is 4. The van der Waals surface area contributed by atoms with Crippen molar-refractivity contribution in [1.82, 2.24) is 4.98 Å². The van der Waals surface area contributed by atoms with Gasteiger partial charge >= 0.3 is 5.97 Å². The molecule has 0 spiro atoms. The number of fused-ring (bicyclic) bond motifs is 1. The summed E-state index contributed by atoms with van der Waals surface area (Å²) < 4.78 is 4.68. The number of halogens is 1. The van der Waals surface area contributed by atoms with Crippen LogP contribution in [0.4, 0.5) is 5.69 Å². The van der Waals surface area contributed by atoms with Crippen LogP contribution in [-0.2, 0) is 16.0 Å². The summed E-state index contributed by atoms with van der Waals surface area (Å²) >= 11 is 5.98. The topological polar surface area (TPSA) is 68.3 Å². The number of esters is 1. The number of benzene rings is 2. The summed E-state index contributed by atoms with van der Waals surface area (Å²) in [5, 5.41) is 4.01. The van der Waals surface area contributed by atoms with E-state index in [-0.39, 0.29) is 22.9 Å². The van der Waals surface area contributed by atoms with Crippen LogP contribution < -0.4 is 5.32 Å². The first-order chi connectivity index (χ1) is 12.1. The molecule has 2 aromatic carbocycles. The molecule has 0 aliphatic heterocycles. The summed E-state index contributed by atoms with van der Waals surface area (Å²) in [7, 11) is 1.28. The average Bonchev–Trinajstić information content (AvgIpc) is 2.63. The van der Waals surface area contributed by atoms with Gasteiger partial charge in [-0.1, -0.05) is 35.9 Å². The highest BCUT2D eigenvalue weighted by Gasteiger charge is 2.13. The molecule has 0 fully saturated rings. The Balaban J connectivity index is 1.80. The summed E-state index contributed by atoms with van der Waals surface area (Å²) in [5.41, 5.74) is 2.31. The van der Waals surface area contributed by atoms with Crippen molar-refractivity contribution in [2.75, 3.05) is 12.4 Å². The molecule has 0 radical (unpaired) electrons. The van der Waals surface area contributed by atoms with Crippen LogP contribution in [0.2, 0.25) is 5.02 Å². The monoisotopic (exact) mass is 354 g/mol. The van der Waals surface area contributed by atoms with Gasteiger partial charge < -0.3 is 10.1 Å². The van der Waals surface area contributed by atoms with Gasteiger partial charge in [-0.05, 0) is 29.8 Å². The Kier molecular flexibility index (Phi) is 4.95. The molecule has 0 bridgehead atoms. The van der Waals surface area contributed by atoms with Gasteiger partial charge in [-0.25, -0.2) is 4.79 Å². The van der Waals surface area contributed by atoms with Crippen molar-refractivity contribution in [3.05, 3.63) is 70.9 Å². The van der Waals surface area contributed by atoms with E-state index in [9.17, 15) is 9.59 Å². The Morgan fingerprint density at radius 3 is 2.76 bits per heavy atom. The SMILES string of the molecule is COC(=O)c1cc(NC(=O)Cc2cccc3cccnc23)ccc1Cl. The highest BCUT2D eigenvalue weighted by molar-refractivity contribution is 6.33. The molecule has 1 N–H and O–H groups in total. The summed E-state index contributed by atoms with van der Waals surface area (Å²) in [6, 6.07) is 14.2. The summed E-state index contributed by atoms with van der Waals surface area (Å²) in [4.78, 5) is 28.4. The number of para-hydroxylation sites is 1. The molecular weight excluding hydrogens is 340 g/mol. The highest BCUT2D eigenvalue weighted by atomic mass is 35.5. The molecule has 25 heavy (non-hydrogen) atoms. The zero-order chi connectivity index (χ0) is 17.8. The zero-order valence-corrected chi connectivity index (χ0v) is 14.2. The third-order valence-corrected chi connectivity index (χ3v) is 4.05. The quantitative estimate of drug-likeness (QED) is 0.722. The molecule has 1 amide bonds. The molecule has 3 rings (SSSR count). The van der Waals surface area contributed by atoms with E-state index in [1.165, 1.54) is 13.2 Å². The van der Waals surface area contributed by atoms with Gasteiger partial charge in [0.2, 0.25) is 5.91 Å². The van der Waals surface area contributed by atoms with E-state index in [0.29, 0.717) is 5.69 Å². The Bertz CT molecular complexity index is 951. The van der Waals surface area contributed by atoms with Crippen LogP contribution in [0, 0.1) is 0 Å². The Morgan fingerprint density at radius 1 is 1.16 bits per heavy atom. The number of carbonyl (C=O) groups is 2. The molecule has 0 atom stereocenters. The number of anilines is 1. The summed E-state index contributed by atoms with van der Waals surface area (Å²) in [6.45, 7) is 0. The predicted octanol–water partition coefficient (Wildman–Crippen LogP) is 3.86. The number of nitrogens with zero attached hydrogens (tertiary/aromatic N) is 1. The van der Waals surface area contributed by atoms with Gasteiger partial charge in [0.25, 0.3) is 0 Å². The first-order valence-electron chi connectivity index (χ1n) is 7.59. The first kappa shape index (κ1) is 16.9. The number of hydrogen-bond donors (Lipinski definition) is 1. The standard InChI is InChI=1S/C19H15ClN2O3/c1-25-19(24)15-11-14(7-8-16(15)20)22-17(23)10-13-5-2-4-12-6-3-9-21-18(12)13/h2-9,11H,10H2,1H3,(H,22,23). The predicted molar refractivity (Wildman–Crippen MR) is 96.9 cm³/mol. The van der Waals surface area contributed by atoms with E-state index in [0.717, 1.165) is 16.5 Å². The fourth-order valence-electron chi connectivity index (χ4n) is 2.56. The van der Waals surface area contributed by atoms with E-state index in [2.05, 4.69) is 15.0 Å². The first-order valence-corrected chi connectivity index (χ1v) is 7.96. The van der Waals surface area contributed by atoms with Crippen LogP contribution in [0.5, 0.6) is 0 Å². The number of aromatic nitrogens is 1. The molecule has 126 valence electrons. The lowest BCUT2D eigenvalue weighted by atomic mass is 10.1. The minimum absolute atomic E-state index is 0.171. The van der Waals surface area contributed by atoms with E-state index >= 15 is 0 Å². The number of carbonyl (C=O) groups excluding carboxylic acids is 2. The second kappa shape index (κ2) is 7.32. The van der Waals surface area contributed by atoms with Crippen molar-refractivity contribution in [2.24, 2.45) is 0 Å². The van der Waals surface area contributed by atoms with Gasteiger partial charge in [-0.3, -0.25) is 9.78 Å². The van der Waals surface area contributed by atoms with Crippen molar-refractivity contribution in [2.45, 2.75) is 6.42 Å². The molecule has 3 aromatic rings. The minimum atomic E-state index is -0.556. The van der Waals surface area contributed by atoms with Crippen LogP contribution >= 0.6 is 11.6 Å². The van der Waals surface area contributed by atoms with Crippen molar-refractivity contribution in [3.63, 3.8) is 0 Å². The molecular formula is C19H15ClN2O3. The minimum Gasteiger partial charge on any atom is -0.465 e. The van der Waals surface area contributed by atoms with Crippen molar-refractivity contribution < 1.29 is 14.3 Å². The molecule has 0 aliphatic carbocycles. The van der Waals surface area contributed by atoms with E-state index in [1.54, 1.807) is 18.3 Å². The molecule has 1 aromatic heterocycles. The van der Waals surface area contributed by atoms with Crippen molar-refractivity contribution in [3.8, 4) is 0 Å². The third kappa shape index (κ3) is 3.78. The maximum absolute atomic E-state index is 12.4. The third-order valence-electron chi connectivity index (χ3n) is 3.72. The highest BCUT2D eigenvalue weighted by Crippen LogP contribution is 2.22. The maximum Gasteiger partial charge on any atom is 0.339 e. The van der Waals surface area contributed by atoms with Crippen molar-refractivity contribution >= 4 is 40.1 Å². The number of amides is 1. The van der Waals surface area contributed by atoms with E-state index in [1.807, 2.05) is 30.3 Å². The number of ether oxygens (including phenoxy) is 1. The van der Waals surface area contributed by atoms with Gasteiger partial charge in [-0.2, -0.15) is 0 Å². The lowest BCUT2D eigenvalue weighted by molar-refractivity contribution is -0.115. The Morgan fingerprint density at radius 2 is 1.96 bits per heavy atom. The number of methoxy groups -OCH3 is 1. The molecule has 6 heteroatoms.